The molecule has 2 aromatic rings. The van der Waals surface area contributed by atoms with Gasteiger partial charge in [-0.3, -0.25) is 9.59 Å². The van der Waals surface area contributed by atoms with Crippen LogP contribution in [0.3, 0.4) is 0 Å². The first-order valence-corrected chi connectivity index (χ1v) is 8.81. The zero-order valence-corrected chi connectivity index (χ0v) is 14.8. The Morgan fingerprint density at radius 2 is 1.88 bits per heavy atom. The van der Waals surface area contributed by atoms with Crippen molar-refractivity contribution in [3.05, 3.63) is 54.1 Å². The molecule has 1 fully saturated rings. The Morgan fingerprint density at radius 3 is 2.62 bits per heavy atom. The van der Waals surface area contributed by atoms with Gasteiger partial charge in [-0.05, 0) is 43.0 Å². The SMILES string of the molecule is CC1CC(C(=O)OCC(=O)c2ccccc2-c2ccc(N)cc2)CCO1. The monoisotopic (exact) mass is 353 g/mol. The summed E-state index contributed by atoms with van der Waals surface area (Å²) >= 11 is 0. The summed E-state index contributed by atoms with van der Waals surface area (Å²) < 4.78 is 10.7. The van der Waals surface area contributed by atoms with Crippen molar-refractivity contribution in [3.8, 4) is 11.1 Å². The second kappa shape index (κ2) is 8.15. The largest absolute Gasteiger partial charge is 0.457 e. The number of Topliss-reactive ketones (excluding diaryl/α,β-unsaturated/α-hetero) is 1. The van der Waals surface area contributed by atoms with Gasteiger partial charge in [-0.25, -0.2) is 0 Å². The Bertz CT molecular complexity index is 785. The molecule has 0 bridgehead atoms. The topological polar surface area (TPSA) is 78.6 Å². The maximum atomic E-state index is 12.6. The number of nitrogens with two attached hydrogens (primary N) is 1. The molecule has 5 heteroatoms. The summed E-state index contributed by atoms with van der Waals surface area (Å²) in [5.74, 6) is -0.733. The Balaban J connectivity index is 1.68. The molecule has 3 rings (SSSR count). The van der Waals surface area contributed by atoms with E-state index in [1.165, 1.54) is 0 Å². The van der Waals surface area contributed by atoms with Crippen molar-refractivity contribution in [1.29, 1.82) is 0 Å². The van der Waals surface area contributed by atoms with Crippen LogP contribution in [0, 0.1) is 5.92 Å². The Morgan fingerprint density at radius 1 is 1.15 bits per heavy atom. The first-order chi connectivity index (χ1) is 12.5. The highest BCUT2D eigenvalue weighted by molar-refractivity contribution is 6.03. The summed E-state index contributed by atoms with van der Waals surface area (Å²) in [5.41, 5.74) is 8.62. The van der Waals surface area contributed by atoms with Gasteiger partial charge in [0.1, 0.15) is 0 Å². The van der Waals surface area contributed by atoms with Crippen LogP contribution in [0.4, 0.5) is 5.69 Å². The van der Waals surface area contributed by atoms with Crippen molar-refractivity contribution in [1.82, 2.24) is 0 Å². The number of benzene rings is 2. The van der Waals surface area contributed by atoms with Crippen molar-refractivity contribution >= 4 is 17.4 Å². The van der Waals surface area contributed by atoms with Crippen LogP contribution >= 0.6 is 0 Å². The first-order valence-electron chi connectivity index (χ1n) is 8.81. The lowest BCUT2D eigenvalue weighted by Gasteiger charge is -2.25. The maximum absolute atomic E-state index is 12.6. The molecule has 0 aliphatic carbocycles. The smallest absolute Gasteiger partial charge is 0.309 e. The van der Waals surface area contributed by atoms with E-state index in [9.17, 15) is 9.59 Å². The van der Waals surface area contributed by atoms with Crippen LogP contribution in [0.25, 0.3) is 11.1 Å². The molecule has 0 amide bonds. The summed E-state index contributed by atoms with van der Waals surface area (Å²) in [7, 11) is 0. The van der Waals surface area contributed by atoms with E-state index in [4.69, 9.17) is 15.2 Å². The molecule has 0 radical (unpaired) electrons. The average molecular weight is 353 g/mol. The highest BCUT2D eigenvalue weighted by Crippen LogP contribution is 2.25. The van der Waals surface area contributed by atoms with Gasteiger partial charge in [0.05, 0.1) is 12.0 Å². The van der Waals surface area contributed by atoms with E-state index in [2.05, 4.69) is 0 Å². The molecule has 136 valence electrons. The summed E-state index contributed by atoms with van der Waals surface area (Å²) in [5, 5.41) is 0. The van der Waals surface area contributed by atoms with E-state index in [-0.39, 0.29) is 30.4 Å². The number of hydrogen-bond donors (Lipinski definition) is 1. The number of nitrogen functional groups attached to an aromatic ring is 1. The highest BCUT2D eigenvalue weighted by atomic mass is 16.5. The molecule has 0 saturated carbocycles. The molecular weight excluding hydrogens is 330 g/mol. The van der Waals surface area contributed by atoms with Crippen molar-refractivity contribution < 1.29 is 19.1 Å². The molecule has 2 atom stereocenters. The van der Waals surface area contributed by atoms with Crippen LogP contribution in [0.2, 0.25) is 0 Å². The number of carbonyl (C=O) groups is 2. The van der Waals surface area contributed by atoms with E-state index in [1.54, 1.807) is 24.3 Å². The zero-order valence-electron chi connectivity index (χ0n) is 14.8. The number of rotatable bonds is 5. The fourth-order valence-electron chi connectivity index (χ4n) is 3.19. The van der Waals surface area contributed by atoms with Crippen molar-refractivity contribution in [2.75, 3.05) is 18.9 Å². The fraction of sp³-hybridized carbons (Fsp3) is 0.333. The first kappa shape index (κ1) is 18.1. The number of ketones is 1. The van der Waals surface area contributed by atoms with Gasteiger partial charge >= 0.3 is 5.97 Å². The van der Waals surface area contributed by atoms with Gasteiger partial charge in [0, 0.05) is 17.9 Å². The Labute approximate surface area is 153 Å². The molecule has 1 saturated heterocycles. The number of esters is 1. The van der Waals surface area contributed by atoms with E-state index < -0.39 is 0 Å². The normalized spacial score (nSPS) is 19.7. The maximum Gasteiger partial charge on any atom is 0.309 e. The van der Waals surface area contributed by atoms with Gasteiger partial charge in [0.15, 0.2) is 6.61 Å². The lowest BCUT2D eigenvalue weighted by atomic mass is 9.96. The van der Waals surface area contributed by atoms with Crippen LogP contribution in [-0.2, 0) is 14.3 Å². The molecule has 2 aromatic carbocycles. The van der Waals surface area contributed by atoms with Gasteiger partial charge in [-0.15, -0.1) is 0 Å². The molecule has 1 aliphatic rings. The highest BCUT2D eigenvalue weighted by Gasteiger charge is 2.27. The summed E-state index contributed by atoms with van der Waals surface area (Å²) in [6, 6.07) is 14.6. The van der Waals surface area contributed by atoms with E-state index in [0.717, 1.165) is 11.1 Å². The predicted octanol–water partition coefficient (Wildman–Crippen LogP) is 3.48. The van der Waals surface area contributed by atoms with E-state index >= 15 is 0 Å². The molecule has 2 N–H and O–H groups in total. The third-order valence-electron chi connectivity index (χ3n) is 4.61. The second-order valence-electron chi connectivity index (χ2n) is 6.60. The third-order valence-corrected chi connectivity index (χ3v) is 4.61. The van der Waals surface area contributed by atoms with Gasteiger partial charge in [0.2, 0.25) is 5.78 Å². The van der Waals surface area contributed by atoms with Crippen LogP contribution in [0.15, 0.2) is 48.5 Å². The van der Waals surface area contributed by atoms with E-state index in [0.29, 0.717) is 30.7 Å². The van der Waals surface area contributed by atoms with Gasteiger partial charge in [0.25, 0.3) is 0 Å². The minimum Gasteiger partial charge on any atom is -0.457 e. The number of hydrogen-bond acceptors (Lipinski definition) is 5. The molecule has 0 spiro atoms. The second-order valence-corrected chi connectivity index (χ2v) is 6.60. The number of anilines is 1. The lowest BCUT2D eigenvalue weighted by molar-refractivity contribution is -0.152. The van der Waals surface area contributed by atoms with Crippen LogP contribution in [-0.4, -0.2) is 31.1 Å². The van der Waals surface area contributed by atoms with Gasteiger partial charge in [-0.2, -0.15) is 0 Å². The molecule has 1 heterocycles. The molecule has 2 unspecified atom stereocenters. The van der Waals surface area contributed by atoms with Gasteiger partial charge in [-0.1, -0.05) is 36.4 Å². The quantitative estimate of drug-likeness (QED) is 0.506. The molecular formula is C21H23NO4. The van der Waals surface area contributed by atoms with Crippen molar-refractivity contribution in [3.63, 3.8) is 0 Å². The molecule has 5 nitrogen and oxygen atoms in total. The molecule has 0 aromatic heterocycles. The Hall–Kier alpha value is -2.66. The summed E-state index contributed by atoms with van der Waals surface area (Å²) in [6.45, 7) is 2.23. The minimum absolute atomic E-state index is 0.0447. The fourth-order valence-corrected chi connectivity index (χ4v) is 3.19. The Kier molecular flexibility index (Phi) is 5.68. The van der Waals surface area contributed by atoms with Crippen LogP contribution in [0.5, 0.6) is 0 Å². The lowest BCUT2D eigenvalue weighted by Crippen LogP contribution is -2.30. The van der Waals surface area contributed by atoms with Crippen LogP contribution in [0.1, 0.15) is 30.1 Å². The summed E-state index contributed by atoms with van der Waals surface area (Å²) in [6.07, 6.45) is 1.32. The zero-order chi connectivity index (χ0) is 18.5. The average Bonchev–Trinajstić information content (AvgIpc) is 2.66. The van der Waals surface area contributed by atoms with Gasteiger partial charge < -0.3 is 15.2 Å². The minimum atomic E-state index is -0.321. The predicted molar refractivity (Wildman–Crippen MR) is 99.7 cm³/mol. The summed E-state index contributed by atoms with van der Waals surface area (Å²) in [4.78, 5) is 24.9. The molecule has 26 heavy (non-hydrogen) atoms. The van der Waals surface area contributed by atoms with E-state index in [1.807, 2.05) is 31.2 Å². The third kappa shape index (κ3) is 4.29. The number of carbonyl (C=O) groups excluding carboxylic acids is 2. The van der Waals surface area contributed by atoms with Crippen molar-refractivity contribution in [2.24, 2.45) is 5.92 Å². The van der Waals surface area contributed by atoms with Crippen LogP contribution < -0.4 is 5.73 Å². The van der Waals surface area contributed by atoms with Crippen molar-refractivity contribution in [2.45, 2.75) is 25.9 Å². The molecule has 1 aliphatic heterocycles. The number of ether oxygens (including phenoxy) is 2. The standard InChI is InChI=1S/C21H23NO4/c1-14-12-16(10-11-25-14)21(24)26-13-20(23)19-5-3-2-4-18(19)15-6-8-17(22)9-7-15/h2-9,14,16H,10-13,22H2,1H3.